The van der Waals surface area contributed by atoms with Gasteiger partial charge in [-0.25, -0.2) is 9.37 Å². The van der Waals surface area contributed by atoms with E-state index in [0.717, 1.165) is 16.8 Å². The van der Waals surface area contributed by atoms with E-state index in [4.69, 9.17) is 15.2 Å². The maximum atomic E-state index is 13.7. The molecule has 8 heteroatoms. The summed E-state index contributed by atoms with van der Waals surface area (Å²) in [4.78, 5) is 18.6. The van der Waals surface area contributed by atoms with E-state index in [2.05, 4.69) is 4.98 Å². The Bertz CT molecular complexity index is 1120. The topological polar surface area (TPSA) is 97.9 Å². The largest absolute Gasteiger partial charge is 0.485 e. The summed E-state index contributed by atoms with van der Waals surface area (Å²) in [6.45, 7) is 2.27. The number of aliphatic hydroxyl groups is 1. The van der Waals surface area contributed by atoms with Gasteiger partial charge in [0.15, 0.2) is 11.5 Å². The second-order valence-electron chi connectivity index (χ2n) is 7.99. The summed E-state index contributed by atoms with van der Waals surface area (Å²) in [6.07, 6.45) is -2.63. The highest BCUT2D eigenvalue weighted by Gasteiger charge is 2.34. The number of carbonyl (C=O) groups excluding carboxylic acids is 1. The maximum absolute atomic E-state index is 13.7. The highest BCUT2D eigenvalue weighted by atomic mass is 19.1. The van der Waals surface area contributed by atoms with Crippen LogP contribution in [-0.4, -0.2) is 46.3 Å². The molecule has 0 radical (unpaired) electrons. The van der Waals surface area contributed by atoms with Gasteiger partial charge in [0.2, 0.25) is 5.88 Å². The Morgan fingerprint density at radius 3 is 2.61 bits per heavy atom. The number of aliphatic hydroxyl groups excluding tert-OH is 1. The van der Waals surface area contributed by atoms with Crippen molar-refractivity contribution in [3.63, 3.8) is 0 Å². The molecular weight excluding hydrogens is 425 g/mol. The SMILES string of the molecule is Cc1cc(CN)cc(Oc2cc(C(=O)N3CC(O)C(F)C3)ccc2OCc2ccccc2)n1. The monoisotopic (exact) mass is 451 g/mol. The predicted molar refractivity (Wildman–Crippen MR) is 121 cm³/mol. The lowest BCUT2D eigenvalue weighted by molar-refractivity contribution is 0.0764. The van der Waals surface area contributed by atoms with Gasteiger partial charge in [-0.3, -0.25) is 4.79 Å². The van der Waals surface area contributed by atoms with E-state index in [0.29, 0.717) is 36.1 Å². The Kier molecular flexibility index (Phi) is 6.86. The van der Waals surface area contributed by atoms with Crippen molar-refractivity contribution in [2.45, 2.75) is 32.4 Å². The first-order valence-corrected chi connectivity index (χ1v) is 10.7. The second kappa shape index (κ2) is 9.97. The summed E-state index contributed by atoms with van der Waals surface area (Å²) < 4.78 is 25.7. The van der Waals surface area contributed by atoms with Gasteiger partial charge in [-0.1, -0.05) is 30.3 Å². The summed E-state index contributed by atoms with van der Waals surface area (Å²) in [7, 11) is 0. The fourth-order valence-electron chi connectivity index (χ4n) is 3.66. The average molecular weight is 451 g/mol. The number of aromatic nitrogens is 1. The molecule has 7 nitrogen and oxygen atoms in total. The summed E-state index contributed by atoms with van der Waals surface area (Å²) in [6, 6.07) is 18.0. The fourth-order valence-corrected chi connectivity index (χ4v) is 3.66. The Morgan fingerprint density at radius 2 is 1.91 bits per heavy atom. The molecule has 2 heterocycles. The lowest BCUT2D eigenvalue weighted by Gasteiger charge is -2.18. The maximum Gasteiger partial charge on any atom is 0.254 e. The number of rotatable bonds is 7. The van der Waals surface area contributed by atoms with Crippen molar-refractivity contribution < 1.29 is 23.8 Å². The van der Waals surface area contributed by atoms with Crippen LogP contribution in [0.25, 0.3) is 0 Å². The molecule has 3 N–H and O–H groups in total. The summed E-state index contributed by atoms with van der Waals surface area (Å²) in [5.41, 5.74) is 8.64. The lowest BCUT2D eigenvalue weighted by atomic mass is 10.1. The molecular formula is C25H26FN3O4. The first-order valence-electron chi connectivity index (χ1n) is 10.7. The van der Waals surface area contributed by atoms with E-state index >= 15 is 0 Å². The molecule has 1 aromatic heterocycles. The highest BCUT2D eigenvalue weighted by molar-refractivity contribution is 5.95. The van der Waals surface area contributed by atoms with Gasteiger partial charge in [-0.05, 0) is 42.3 Å². The number of ether oxygens (including phenoxy) is 2. The number of aryl methyl sites for hydroxylation is 1. The van der Waals surface area contributed by atoms with Crippen LogP contribution in [0.15, 0.2) is 60.7 Å². The molecule has 4 rings (SSSR count). The van der Waals surface area contributed by atoms with Crippen molar-refractivity contribution >= 4 is 5.91 Å². The van der Waals surface area contributed by atoms with Crippen LogP contribution in [0.2, 0.25) is 0 Å². The molecule has 1 aliphatic heterocycles. The van der Waals surface area contributed by atoms with Gasteiger partial charge in [-0.2, -0.15) is 0 Å². The van der Waals surface area contributed by atoms with Gasteiger partial charge in [0, 0.05) is 30.4 Å². The lowest BCUT2D eigenvalue weighted by Crippen LogP contribution is -2.29. The number of β-amino-alcohol motifs (C(OH)–C–C–N with tert-alkyl or cyclic N) is 1. The fraction of sp³-hybridized carbons (Fsp3) is 0.280. The molecule has 0 spiro atoms. The number of halogens is 1. The number of nitrogens with two attached hydrogens (primary N) is 1. The first kappa shape index (κ1) is 22.7. The van der Waals surface area contributed by atoms with E-state index in [-0.39, 0.29) is 13.1 Å². The zero-order valence-corrected chi connectivity index (χ0v) is 18.3. The number of amides is 1. The number of hydrogen-bond acceptors (Lipinski definition) is 6. The van der Waals surface area contributed by atoms with E-state index in [1.165, 1.54) is 4.90 Å². The molecule has 0 saturated carbocycles. The third kappa shape index (κ3) is 5.47. The van der Waals surface area contributed by atoms with E-state index in [1.807, 2.05) is 43.3 Å². The quantitative estimate of drug-likeness (QED) is 0.572. The Balaban J connectivity index is 1.63. The van der Waals surface area contributed by atoms with Crippen LogP contribution in [0.1, 0.15) is 27.2 Å². The van der Waals surface area contributed by atoms with Crippen LogP contribution >= 0.6 is 0 Å². The van der Waals surface area contributed by atoms with Crippen LogP contribution in [0.4, 0.5) is 4.39 Å². The standard InChI is InChI=1S/C25H26FN3O4/c1-16-9-18(12-27)10-24(28-16)33-23-11-19(25(31)29-13-20(26)21(30)14-29)7-8-22(23)32-15-17-5-3-2-4-6-17/h2-11,20-21,30H,12-15,27H2,1H3. The third-order valence-corrected chi connectivity index (χ3v) is 5.37. The number of likely N-dealkylation sites (tertiary alicyclic amines) is 1. The highest BCUT2D eigenvalue weighted by Crippen LogP contribution is 2.34. The van der Waals surface area contributed by atoms with Gasteiger partial charge in [-0.15, -0.1) is 0 Å². The molecule has 2 unspecified atom stereocenters. The van der Waals surface area contributed by atoms with Gasteiger partial charge >= 0.3 is 0 Å². The van der Waals surface area contributed by atoms with Crippen LogP contribution in [0.5, 0.6) is 17.4 Å². The Labute approximate surface area is 191 Å². The molecule has 2 aromatic carbocycles. The molecule has 33 heavy (non-hydrogen) atoms. The molecule has 1 amide bonds. The van der Waals surface area contributed by atoms with Crippen LogP contribution in [0, 0.1) is 6.92 Å². The molecule has 0 bridgehead atoms. The smallest absolute Gasteiger partial charge is 0.254 e. The number of hydrogen-bond donors (Lipinski definition) is 2. The van der Waals surface area contributed by atoms with Crippen molar-refractivity contribution in [1.29, 1.82) is 0 Å². The van der Waals surface area contributed by atoms with E-state index in [1.54, 1.807) is 24.3 Å². The number of carbonyl (C=O) groups is 1. The number of alkyl halides is 1. The van der Waals surface area contributed by atoms with E-state index in [9.17, 15) is 14.3 Å². The first-order chi connectivity index (χ1) is 15.9. The average Bonchev–Trinajstić information content (AvgIpc) is 3.16. The molecule has 3 aromatic rings. The molecule has 1 aliphatic rings. The van der Waals surface area contributed by atoms with Gasteiger partial charge < -0.3 is 25.2 Å². The Hall–Kier alpha value is -3.49. The second-order valence-corrected chi connectivity index (χ2v) is 7.99. The zero-order valence-electron chi connectivity index (χ0n) is 18.3. The summed E-state index contributed by atoms with van der Waals surface area (Å²) in [5.74, 6) is 0.658. The van der Waals surface area contributed by atoms with Crippen molar-refractivity contribution in [2.75, 3.05) is 13.1 Å². The Morgan fingerprint density at radius 1 is 1.12 bits per heavy atom. The summed E-state index contributed by atoms with van der Waals surface area (Å²) >= 11 is 0. The van der Waals surface area contributed by atoms with Crippen LogP contribution < -0.4 is 15.2 Å². The minimum absolute atomic E-state index is 0.0538. The van der Waals surface area contributed by atoms with Crippen molar-refractivity contribution in [3.05, 3.63) is 83.0 Å². The minimum atomic E-state index is -1.45. The number of nitrogens with zero attached hydrogens (tertiary/aromatic N) is 2. The minimum Gasteiger partial charge on any atom is -0.485 e. The molecule has 1 saturated heterocycles. The zero-order chi connectivity index (χ0) is 23.4. The van der Waals surface area contributed by atoms with Gasteiger partial charge in [0.25, 0.3) is 5.91 Å². The third-order valence-electron chi connectivity index (χ3n) is 5.37. The summed E-state index contributed by atoms with van der Waals surface area (Å²) in [5, 5.41) is 9.68. The number of benzene rings is 2. The van der Waals surface area contributed by atoms with Crippen LogP contribution in [-0.2, 0) is 13.2 Å². The molecule has 0 aliphatic carbocycles. The van der Waals surface area contributed by atoms with Gasteiger partial charge in [0.1, 0.15) is 18.9 Å². The molecule has 2 atom stereocenters. The normalized spacial score (nSPS) is 17.8. The van der Waals surface area contributed by atoms with Crippen molar-refractivity contribution in [3.8, 4) is 17.4 Å². The number of pyridine rings is 1. The van der Waals surface area contributed by atoms with Gasteiger partial charge in [0.05, 0.1) is 6.54 Å². The van der Waals surface area contributed by atoms with Crippen molar-refractivity contribution in [2.24, 2.45) is 5.73 Å². The van der Waals surface area contributed by atoms with Crippen molar-refractivity contribution in [1.82, 2.24) is 9.88 Å². The van der Waals surface area contributed by atoms with Crippen LogP contribution in [0.3, 0.4) is 0 Å². The molecule has 172 valence electrons. The van der Waals surface area contributed by atoms with E-state index < -0.39 is 18.2 Å². The predicted octanol–water partition coefficient (Wildman–Crippen LogP) is 3.37. The molecule has 1 fully saturated rings.